The molecule has 1 aliphatic heterocycles. The van der Waals surface area contributed by atoms with Crippen molar-refractivity contribution in [3.05, 3.63) is 0 Å². The van der Waals surface area contributed by atoms with Gasteiger partial charge in [-0.25, -0.2) is 0 Å². The van der Waals surface area contributed by atoms with Gasteiger partial charge in [-0.15, -0.1) is 0 Å². The largest absolute Gasteiger partial charge is 0.462 e. The van der Waals surface area contributed by atoms with Crippen LogP contribution in [0.4, 0.5) is 0 Å². The first-order valence-electron chi connectivity index (χ1n) is 13.9. The Balaban J connectivity index is 1.60. The number of carbonyl (C=O) groups excluding carboxylic acids is 2. The van der Waals surface area contributed by atoms with Crippen molar-refractivity contribution in [2.45, 2.75) is 118 Å². The van der Waals surface area contributed by atoms with Crippen LogP contribution in [0.1, 0.15) is 106 Å². The average molecular weight is 460 g/mol. The molecular weight excluding hydrogens is 410 g/mol. The summed E-state index contributed by atoms with van der Waals surface area (Å²) in [5, 5.41) is 0. The minimum Gasteiger partial charge on any atom is -0.462 e. The van der Waals surface area contributed by atoms with Gasteiger partial charge in [-0.2, -0.15) is 0 Å². The van der Waals surface area contributed by atoms with E-state index in [-0.39, 0.29) is 29.4 Å². The second kappa shape index (κ2) is 9.19. The minimum atomic E-state index is -0.156. The summed E-state index contributed by atoms with van der Waals surface area (Å²) >= 11 is 0. The van der Waals surface area contributed by atoms with Crippen molar-refractivity contribution >= 4 is 11.9 Å². The fraction of sp³-hybridized carbons (Fsp3) is 0.931. The zero-order chi connectivity index (χ0) is 24.1. The molecule has 1 amide bonds. The maximum atomic E-state index is 12.6. The van der Waals surface area contributed by atoms with Gasteiger partial charge in [0.05, 0.1) is 0 Å². The summed E-state index contributed by atoms with van der Waals surface area (Å²) in [6, 6.07) is 0.195. The monoisotopic (exact) mass is 459 g/mol. The van der Waals surface area contributed by atoms with E-state index in [9.17, 15) is 9.59 Å². The summed E-state index contributed by atoms with van der Waals surface area (Å²) in [6.07, 6.45) is 11.6. The molecule has 6 unspecified atom stereocenters. The van der Waals surface area contributed by atoms with Crippen molar-refractivity contribution < 1.29 is 14.3 Å². The van der Waals surface area contributed by atoms with E-state index < -0.39 is 0 Å². The van der Waals surface area contributed by atoms with Crippen LogP contribution in [0.15, 0.2) is 0 Å². The predicted molar refractivity (Wildman–Crippen MR) is 132 cm³/mol. The smallest absolute Gasteiger partial charge is 0.302 e. The Labute approximate surface area is 202 Å². The Morgan fingerprint density at radius 2 is 1.76 bits per heavy atom. The lowest BCUT2D eigenvalue weighted by atomic mass is 9.45. The van der Waals surface area contributed by atoms with Gasteiger partial charge >= 0.3 is 5.97 Å². The first kappa shape index (κ1) is 25.0. The topological polar surface area (TPSA) is 46.6 Å². The highest BCUT2D eigenvalue weighted by molar-refractivity contribution is 5.77. The highest BCUT2D eigenvalue weighted by Crippen LogP contribution is 2.67. The van der Waals surface area contributed by atoms with Crippen LogP contribution in [0.5, 0.6) is 0 Å². The number of hydrogen-bond donors (Lipinski definition) is 0. The molecule has 1 saturated heterocycles. The van der Waals surface area contributed by atoms with Crippen molar-refractivity contribution in [3.8, 4) is 0 Å². The number of rotatable bonds is 6. The van der Waals surface area contributed by atoms with Gasteiger partial charge in [-0.05, 0) is 72.5 Å². The number of carbonyl (C=O) groups is 2. The summed E-state index contributed by atoms with van der Waals surface area (Å²) in [4.78, 5) is 26.8. The number of amides is 1. The Morgan fingerprint density at radius 1 is 1.06 bits per heavy atom. The van der Waals surface area contributed by atoms with E-state index in [1.807, 2.05) is 11.9 Å². The highest BCUT2D eigenvalue weighted by atomic mass is 16.5. The third-order valence-corrected chi connectivity index (χ3v) is 11.1. The van der Waals surface area contributed by atoms with Gasteiger partial charge in [-0.1, -0.05) is 53.9 Å². The molecule has 3 saturated carbocycles. The molecule has 0 radical (unpaired) electrons. The highest BCUT2D eigenvalue weighted by Gasteiger charge is 2.64. The lowest BCUT2D eigenvalue weighted by molar-refractivity contribution is -0.195. The number of piperidine rings is 1. The maximum Gasteiger partial charge on any atom is 0.302 e. The SMILES string of the molecule is CC(=O)O[C@H]1CC2N(C)C(=O)CC[C@]2(C)C2CC[C@]3(C)C(C(C)CCCC(C)C)CCC3C21. The van der Waals surface area contributed by atoms with Crippen LogP contribution >= 0.6 is 0 Å². The second-order valence-corrected chi connectivity index (χ2v) is 13.2. The zero-order valence-corrected chi connectivity index (χ0v) is 22.4. The second-order valence-electron chi connectivity index (χ2n) is 13.2. The first-order valence-corrected chi connectivity index (χ1v) is 13.9. The Bertz CT molecular complexity index is 749. The summed E-state index contributed by atoms with van der Waals surface area (Å²) in [6.45, 7) is 13.8. The zero-order valence-electron chi connectivity index (χ0n) is 22.4. The minimum absolute atomic E-state index is 0.0430. The van der Waals surface area contributed by atoms with Crippen molar-refractivity contribution in [1.29, 1.82) is 0 Å². The van der Waals surface area contributed by atoms with Gasteiger partial charge < -0.3 is 9.64 Å². The molecule has 33 heavy (non-hydrogen) atoms. The van der Waals surface area contributed by atoms with Crippen LogP contribution in [-0.2, 0) is 14.3 Å². The average Bonchev–Trinajstić information content (AvgIpc) is 3.09. The number of esters is 1. The summed E-state index contributed by atoms with van der Waals surface area (Å²) in [7, 11) is 1.98. The van der Waals surface area contributed by atoms with E-state index in [0.717, 1.165) is 30.6 Å². The maximum absolute atomic E-state index is 12.6. The number of nitrogens with zero attached hydrogens (tertiary/aromatic N) is 1. The molecule has 4 heteroatoms. The number of fused-ring (bicyclic) bond motifs is 5. The molecule has 4 fully saturated rings. The van der Waals surface area contributed by atoms with Crippen LogP contribution < -0.4 is 0 Å². The lowest BCUT2D eigenvalue weighted by Crippen LogP contribution is -2.65. The number of ether oxygens (including phenoxy) is 1. The van der Waals surface area contributed by atoms with Crippen molar-refractivity contribution in [2.24, 2.45) is 46.3 Å². The first-order chi connectivity index (χ1) is 15.5. The summed E-state index contributed by atoms with van der Waals surface area (Å²) in [5.41, 5.74) is 0.503. The van der Waals surface area contributed by atoms with E-state index in [2.05, 4.69) is 34.6 Å². The van der Waals surface area contributed by atoms with Gasteiger partial charge in [0.1, 0.15) is 6.10 Å². The molecule has 0 aromatic rings. The Hall–Kier alpha value is -1.06. The fourth-order valence-corrected chi connectivity index (χ4v) is 9.42. The van der Waals surface area contributed by atoms with Crippen LogP contribution in [-0.4, -0.2) is 36.0 Å². The molecule has 1 heterocycles. The van der Waals surface area contributed by atoms with Crippen LogP contribution in [0.2, 0.25) is 0 Å². The van der Waals surface area contributed by atoms with E-state index in [4.69, 9.17) is 4.74 Å². The van der Waals surface area contributed by atoms with Crippen molar-refractivity contribution in [3.63, 3.8) is 0 Å². The standard InChI is InChI=1S/C29H49NO3/c1-18(2)9-8-10-19(3)21-11-12-22-27-23(13-15-28(21,22)5)29(6)16-14-26(32)30(7)25(29)17-24(27)33-20(4)31/h18-19,21-25,27H,8-17H2,1-7H3/t19?,21?,22?,23?,24-,25?,27?,28+,29+/m0/s1. The molecule has 0 bridgehead atoms. The summed E-state index contributed by atoms with van der Waals surface area (Å²) < 4.78 is 6.10. The molecule has 0 spiro atoms. The van der Waals surface area contributed by atoms with Crippen LogP contribution in [0, 0.1) is 46.3 Å². The molecule has 0 aromatic heterocycles. The van der Waals surface area contributed by atoms with Crippen molar-refractivity contribution in [2.75, 3.05) is 7.05 Å². The molecule has 0 N–H and O–H groups in total. The number of hydrogen-bond acceptors (Lipinski definition) is 3. The van der Waals surface area contributed by atoms with Gasteiger partial charge in [0, 0.05) is 38.8 Å². The normalized spacial score (nSPS) is 43.6. The van der Waals surface area contributed by atoms with Gasteiger partial charge in [0.2, 0.25) is 5.91 Å². The molecule has 9 atom stereocenters. The number of likely N-dealkylation sites (tertiary alicyclic amines) is 1. The molecule has 0 aromatic carbocycles. The predicted octanol–water partition coefficient (Wildman–Crippen LogP) is 6.47. The molecule has 4 nitrogen and oxygen atoms in total. The quantitative estimate of drug-likeness (QED) is 0.428. The van der Waals surface area contributed by atoms with Crippen LogP contribution in [0.25, 0.3) is 0 Å². The van der Waals surface area contributed by atoms with Crippen LogP contribution in [0.3, 0.4) is 0 Å². The third-order valence-electron chi connectivity index (χ3n) is 11.1. The van der Waals surface area contributed by atoms with Crippen molar-refractivity contribution in [1.82, 2.24) is 4.90 Å². The third kappa shape index (κ3) is 4.27. The Kier molecular flexibility index (Phi) is 6.97. The molecule has 3 aliphatic carbocycles. The van der Waals surface area contributed by atoms with Gasteiger partial charge in [-0.3, -0.25) is 9.59 Å². The van der Waals surface area contributed by atoms with E-state index in [1.54, 1.807) is 6.92 Å². The van der Waals surface area contributed by atoms with E-state index in [0.29, 0.717) is 29.6 Å². The lowest BCUT2D eigenvalue weighted by Gasteiger charge is -2.63. The fourth-order valence-electron chi connectivity index (χ4n) is 9.42. The molecular formula is C29H49NO3. The Morgan fingerprint density at radius 3 is 2.42 bits per heavy atom. The van der Waals surface area contributed by atoms with E-state index in [1.165, 1.54) is 44.9 Å². The van der Waals surface area contributed by atoms with Gasteiger partial charge in [0.25, 0.3) is 0 Å². The molecule has 188 valence electrons. The van der Waals surface area contributed by atoms with E-state index >= 15 is 0 Å². The molecule has 4 rings (SSSR count). The summed E-state index contributed by atoms with van der Waals surface area (Å²) in [5.74, 6) is 4.08. The molecule has 4 aliphatic rings. The van der Waals surface area contributed by atoms with Gasteiger partial charge in [0.15, 0.2) is 0 Å².